The van der Waals surface area contributed by atoms with Gasteiger partial charge in [0, 0.05) is 28.6 Å². The van der Waals surface area contributed by atoms with E-state index >= 15 is 0 Å². The number of nitrogens with zero attached hydrogens (tertiary/aromatic N) is 1. The lowest BCUT2D eigenvalue weighted by Gasteiger charge is -2.17. The van der Waals surface area contributed by atoms with E-state index in [9.17, 15) is 14.4 Å². The average molecular weight is 415 g/mol. The van der Waals surface area contributed by atoms with Crippen LogP contribution in [0.2, 0.25) is 0 Å². The fraction of sp³-hybridized carbons (Fsp3) is 0.130. The molecule has 1 aliphatic carbocycles. The number of carbonyl (C=O) groups excluding carboxylic acids is 3. The van der Waals surface area contributed by atoms with Crippen LogP contribution in [0.15, 0.2) is 42.5 Å². The summed E-state index contributed by atoms with van der Waals surface area (Å²) in [6.45, 7) is 1.42. The summed E-state index contributed by atoms with van der Waals surface area (Å²) in [5.41, 5.74) is 4.90. The summed E-state index contributed by atoms with van der Waals surface area (Å²) < 4.78 is 0. The number of rotatable bonds is 4. The van der Waals surface area contributed by atoms with Gasteiger partial charge in [-0.15, -0.1) is 11.3 Å². The molecule has 0 fully saturated rings. The summed E-state index contributed by atoms with van der Waals surface area (Å²) in [5, 5.41) is 15.2. The molecule has 0 spiro atoms. The van der Waals surface area contributed by atoms with Crippen LogP contribution in [0.25, 0.3) is 11.1 Å². The molecular formula is C23H17N3O3S. The first-order valence-corrected chi connectivity index (χ1v) is 10.1. The maximum absolute atomic E-state index is 12.7. The molecule has 0 saturated carbocycles. The second kappa shape index (κ2) is 7.93. The lowest BCUT2D eigenvalue weighted by molar-refractivity contribution is -0.114. The van der Waals surface area contributed by atoms with Crippen molar-refractivity contribution >= 4 is 40.1 Å². The zero-order valence-electron chi connectivity index (χ0n) is 16.1. The van der Waals surface area contributed by atoms with Crippen LogP contribution in [0, 0.1) is 11.3 Å². The molecule has 2 amide bonds. The summed E-state index contributed by atoms with van der Waals surface area (Å²) in [4.78, 5) is 36.8. The molecule has 0 atom stereocenters. The monoisotopic (exact) mass is 415 g/mol. The largest absolute Gasteiger partial charge is 0.326 e. The van der Waals surface area contributed by atoms with Crippen molar-refractivity contribution in [3.63, 3.8) is 0 Å². The number of aryl methyl sites for hydroxylation is 2. The van der Waals surface area contributed by atoms with E-state index < -0.39 is 0 Å². The highest BCUT2D eigenvalue weighted by Gasteiger charge is 2.26. The van der Waals surface area contributed by atoms with Crippen LogP contribution in [0.3, 0.4) is 0 Å². The van der Waals surface area contributed by atoms with Crippen LogP contribution in [0.1, 0.15) is 43.6 Å². The SMILES string of the molecule is CC(=O)Nc1ccc(C(=O)Nc2sc3c(c2C=O)-c2ccc(C#N)cc2CC3)cc1. The van der Waals surface area contributed by atoms with Gasteiger partial charge in [-0.25, -0.2) is 0 Å². The van der Waals surface area contributed by atoms with Gasteiger partial charge in [-0.3, -0.25) is 14.4 Å². The number of carbonyl (C=O) groups is 3. The van der Waals surface area contributed by atoms with Crippen molar-refractivity contribution in [1.82, 2.24) is 0 Å². The number of hydrogen-bond acceptors (Lipinski definition) is 5. The van der Waals surface area contributed by atoms with E-state index in [2.05, 4.69) is 16.7 Å². The van der Waals surface area contributed by atoms with Crippen molar-refractivity contribution < 1.29 is 14.4 Å². The molecule has 148 valence electrons. The highest BCUT2D eigenvalue weighted by Crippen LogP contribution is 2.44. The van der Waals surface area contributed by atoms with Crippen molar-refractivity contribution in [3.05, 3.63) is 69.6 Å². The first-order valence-electron chi connectivity index (χ1n) is 9.33. The number of benzene rings is 2. The van der Waals surface area contributed by atoms with Crippen LogP contribution >= 0.6 is 11.3 Å². The number of amides is 2. The molecule has 4 rings (SSSR count). The fourth-order valence-electron chi connectivity index (χ4n) is 3.62. The molecular weight excluding hydrogens is 398 g/mol. The third kappa shape index (κ3) is 3.61. The van der Waals surface area contributed by atoms with E-state index in [4.69, 9.17) is 5.26 Å². The quantitative estimate of drug-likeness (QED) is 0.617. The lowest BCUT2D eigenvalue weighted by atomic mass is 9.87. The molecule has 1 aliphatic rings. The molecule has 0 unspecified atom stereocenters. The smallest absolute Gasteiger partial charge is 0.256 e. The second-order valence-corrected chi connectivity index (χ2v) is 8.06. The first kappa shape index (κ1) is 19.6. The number of thiophene rings is 1. The number of fused-ring (bicyclic) bond motifs is 3. The normalized spacial score (nSPS) is 11.6. The van der Waals surface area contributed by atoms with Gasteiger partial charge < -0.3 is 10.6 Å². The van der Waals surface area contributed by atoms with Crippen molar-refractivity contribution in [2.45, 2.75) is 19.8 Å². The summed E-state index contributed by atoms with van der Waals surface area (Å²) >= 11 is 1.41. The zero-order chi connectivity index (χ0) is 21.3. The molecule has 2 aromatic carbocycles. The molecule has 2 N–H and O–H groups in total. The Morgan fingerprint density at radius 3 is 2.53 bits per heavy atom. The van der Waals surface area contributed by atoms with E-state index in [1.165, 1.54) is 18.3 Å². The molecule has 30 heavy (non-hydrogen) atoms. The Kier molecular flexibility index (Phi) is 5.17. The Labute approximate surface area is 177 Å². The summed E-state index contributed by atoms with van der Waals surface area (Å²) in [6, 6.07) is 14.2. The Morgan fingerprint density at radius 2 is 1.87 bits per heavy atom. The Hall–Kier alpha value is -3.76. The van der Waals surface area contributed by atoms with Gasteiger partial charge in [-0.1, -0.05) is 6.07 Å². The van der Waals surface area contributed by atoms with Gasteiger partial charge in [-0.2, -0.15) is 5.26 Å². The topological polar surface area (TPSA) is 99.1 Å². The first-order chi connectivity index (χ1) is 14.5. The molecule has 1 aromatic heterocycles. The maximum Gasteiger partial charge on any atom is 0.256 e. The Bertz CT molecular complexity index is 1220. The van der Waals surface area contributed by atoms with Gasteiger partial charge in [-0.05, 0) is 60.4 Å². The molecule has 0 saturated heterocycles. The third-order valence-corrected chi connectivity index (χ3v) is 6.14. The molecule has 6 nitrogen and oxygen atoms in total. The van der Waals surface area contributed by atoms with Gasteiger partial charge in [0.05, 0.1) is 17.2 Å². The standard InChI is InChI=1S/C23H17N3O3S/c1-13(28)25-17-6-3-15(4-7-17)22(29)26-23-19(12-27)21-18-8-2-14(11-24)10-16(18)5-9-20(21)30-23/h2-4,6-8,10,12H,5,9H2,1H3,(H,25,28)(H,26,29). The van der Waals surface area contributed by atoms with Crippen LogP contribution in [0.5, 0.6) is 0 Å². The van der Waals surface area contributed by atoms with E-state index in [1.807, 2.05) is 12.1 Å². The Morgan fingerprint density at radius 1 is 1.10 bits per heavy atom. The van der Waals surface area contributed by atoms with Gasteiger partial charge >= 0.3 is 0 Å². The van der Waals surface area contributed by atoms with Crippen molar-refractivity contribution in [2.75, 3.05) is 10.6 Å². The van der Waals surface area contributed by atoms with Crippen LogP contribution < -0.4 is 10.6 Å². The van der Waals surface area contributed by atoms with Gasteiger partial charge in [0.25, 0.3) is 5.91 Å². The predicted molar refractivity (Wildman–Crippen MR) is 116 cm³/mol. The number of nitriles is 1. The van der Waals surface area contributed by atoms with E-state index in [0.29, 0.717) is 27.4 Å². The third-order valence-electron chi connectivity index (χ3n) is 4.96. The highest BCUT2D eigenvalue weighted by atomic mass is 32.1. The minimum atomic E-state index is -0.328. The van der Waals surface area contributed by atoms with Gasteiger partial charge in [0.1, 0.15) is 5.00 Å². The van der Waals surface area contributed by atoms with Crippen LogP contribution in [-0.2, 0) is 17.6 Å². The van der Waals surface area contributed by atoms with Crippen LogP contribution in [0.4, 0.5) is 10.7 Å². The van der Waals surface area contributed by atoms with Gasteiger partial charge in [0.15, 0.2) is 6.29 Å². The molecule has 0 radical (unpaired) electrons. The van der Waals surface area contributed by atoms with E-state index in [0.717, 1.165) is 40.7 Å². The number of hydrogen-bond donors (Lipinski definition) is 2. The average Bonchev–Trinajstić information content (AvgIpc) is 3.10. The van der Waals surface area contributed by atoms with Crippen LogP contribution in [-0.4, -0.2) is 18.1 Å². The van der Waals surface area contributed by atoms with E-state index in [1.54, 1.807) is 30.3 Å². The highest BCUT2D eigenvalue weighted by molar-refractivity contribution is 7.17. The fourth-order valence-corrected chi connectivity index (χ4v) is 4.79. The summed E-state index contributed by atoms with van der Waals surface area (Å²) in [5.74, 6) is -0.514. The predicted octanol–water partition coefficient (Wildman–Crippen LogP) is 4.41. The molecule has 0 aliphatic heterocycles. The van der Waals surface area contributed by atoms with Gasteiger partial charge in [0.2, 0.25) is 5.91 Å². The molecule has 1 heterocycles. The van der Waals surface area contributed by atoms with Crippen molar-refractivity contribution in [3.8, 4) is 17.2 Å². The van der Waals surface area contributed by atoms with E-state index in [-0.39, 0.29) is 11.8 Å². The number of aldehydes is 1. The molecule has 0 bridgehead atoms. The van der Waals surface area contributed by atoms with Crippen molar-refractivity contribution in [1.29, 1.82) is 5.26 Å². The minimum Gasteiger partial charge on any atom is -0.326 e. The van der Waals surface area contributed by atoms with Crippen molar-refractivity contribution in [2.24, 2.45) is 0 Å². The Balaban J connectivity index is 1.64. The summed E-state index contributed by atoms with van der Waals surface area (Å²) in [7, 11) is 0. The molecule has 3 aromatic rings. The summed E-state index contributed by atoms with van der Waals surface area (Å²) in [6.07, 6.45) is 2.32. The lowest BCUT2D eigenvalue weighted by Crippen LogP contribution is -2.12. The maximum atomic E-state index is 12.7. The minimum absolute atomic E-state index is 0.186. The number of nitrogens with one attached hydrogen (secondary N) is 2. The number of anilines is 2. The second-order valence-electron chi connectivity index (χ2n) is 6.96. The zero-order valence-corrected chi connectivity index (χ0v) is 16.9. The molecule has 7 heteroatoms.